The van der Waals surface area contributed by atoms with Gasteiger partial charge in [-0.3, -0.25) is 4.99 Å². The molecule has 2 aliphatic rings. The number of rotatable bonds is 5. The van der Waals surface area contributed by atoms with Crippen molar-refractivity contribution in [2.24, 2.45) is 4.99 Å². The van der Waals surface area contributed by atoms with Crippen molar-refractivity contribution < 1.29 is 9.47 Å². The van der Waals surface area contributed by atoms with Crippen LogP contribution in [0.3, 0.4) is 0 Å². The molecule has 0 radical (unpaired) electrons. The Morgan fingerprint density at radius 1 is 1.33 bits per heavy atom. The summed E-state index contributed by atoms with van der Waals surface area (Å²) in [5.74, 6) is 2.50. The van der Waals surface area contributed by atoms with E-state index in [9.17, 15) is 0 Å². The lowest BCUT2D eigenvalue weighted by atomic mass is 9.98. The van der Waals surface area contributed by atoms with E-state index in [4.69, 9.17) is 9.47 Å². The van der Waals surface area contributed by atoms with Crippen LogP contribution in [0.25, 0.3) is 0 Å². The molecule has 132 valence electrons. The average Bonchev–Trinajstić information content (AvgIpc) is 3.31. The van der Waals surface area contributed by atoms with Crippen LogP contribution in [0.15, 0.2) is 29.3 Å². The Hall–Kier alpha value is -1.75. The summed E-state index contributed by atoms with van der Waals surface area (Å²) < 4.78 is 10.9. The van der Waals surface area contributed by atoms with E-state index in [2.05, 4.69) is 27.3 Å². The average molecular weight is 331 g/mol. The number of hydrogen-bond acceptors (Lipinski definition) is 3. The second-order valence-corrected chi connectivity index (χ2v) is 6.60. The van der Waals surface area contributed by atoms with Gasteiger partial charge in [0.15, 0.2) is 5.96 Å². The molecule has 24 heavy (non-hydrogen) atoms. The van der Waals surface area contributed by atoms with Gasteiger partial charge in [0.05, 0.1) is 13.2 Å². The van der Waals surface area contributed by atoms with Crippen LogP contribution in [0.5, 0.6) is 5.75 Å². The van der Waals surface area contributed by atoms with Gasteiger partial charge in [-0.05, 0) is 43.4 Å². The molecule has 0 saturated carbocycles. The van der Waals surface area contributed by atoms with Gasteiger partial charge in [-0.25, -0.2) is 0 Å². The normalized spacial score (nSPS) is 24.4. The topological polar surface area (TPSA) is 46.1 Å². The Morgan fingerprint density at radius 3 is 2.83 bits per heavy atom. The van der Waals surface area contributed by atoms with E-state index in [1.807, 2.05) is 19.2 Å². The number of hydrogen-bond donors (Lipinski definition) is 1. The Kier molecular flexibility index (Phi) is 5.96. The summed E-state index contributed by atoms with van der Waals surface area (Å²) in [4.78, 5) is 6.83. The van der Waals surface area contributed by atoms with E-state index in [-0.39, 0.29) is 0 Å². The van der Waals surface area contributed by atoms with Crippen LogP contribution in [-0.2, 0) is 4.74 Å². The molecule has 1 aromatic carbocycles. The maximum Gasteiger partial charge on any atom is 0.193 e. The number of ether oxygens (including phenoxy) is 2. The van der Waals surface area contributed by atoms with E-state index in [0.29, 0.717) is 12.0 Å². The molecule has 2 saturated heterocycles. The second-order valence-electron chi connectivity index (χ2n) is 6.60. The first-order chi connectivity index (χ1) is 11.8. The van der Waals surface area contributed by atoms with Crippen molar-refractivity contribution in [1.82, 2.24) is 10.2 Å². The van der Waals surface area contributed by atoms with Crippen LogP contribution < -0.4 is 10.1 Å². The van der Waals surface area contributed by atoms with Crippen molar-refractivity contribution in [3.63, 3.8) is 0 Å². The van der Waals surface area contributed by atoms with Gasteiger partial charge in [0, 0.05) is 39.2 Å². The highest BCUT2D eigenvalue weighted by molar-refractivity contribution is 5.80. The van der Waals surface area contributed by atoms with Crippen molar-refractivity contribution in [3.05, 3.63) is 29.8 Å². The lowest BCUT2D eigenvalue weighted by Crippen LogP contribution is -2.41. The minimum atomic E-state index is 0.432. The number of benzene rings is 1. The molecule has 2 fully saturated rings. The summed E-state index contributed by atoms with van der Waals surface area (Å²) >= 11 is 0. The molecule has 2 aliphatic heterocycles. The predicted octanol–water partition coefficient (Wildman–Crippen LogP) is 2.63. The van der Waals surface area contributed by atoms with Gasteiger partial charge in [-0.15, -0.1) is 0 Å². The van der Waals surface area contributed by atoms with Crippen LogP contribution >= 0.6 is 0 Å². The molecule has 3 rings (SSSR count). The molecular formula is C19H29N3O2. The van der Waals surface area contributed by atoms with Crippen molar-refractivity contribution in [1.29, 1.82) is 0 Å². The second kappa shape index (κ2) is 8.38. The van der Waals surface area contributed by atoms with Crippen LogP contribution in [0.1, 0.15) is 37.2 Å². The lowest BCUT2D eigenvalue weighted by Gasteiger charge is -2.22. The Labute approximate surface area is 145 Å². The molecule has 0 amide bonds. The van der Waals surface area contributed by atoms with Crippen LogP contribution in [0, 0.1) is 0 Å². The summed E-state index contributed by atoms with van der Waals surface area (Å²) in [6.07, 6.45) is 5.06. The van der Waals surface area contributed by atoms with E-state index in [1.165, 1.54) is 24.8 Å². The van der Waals surface area contributed by atoms with Crippen LogP contribution in [0.2, 0.25) is 0 Å². The quantitative estimate of drug-likeness (QED) is 0.665. The van der Waals surface area contributed by atoms with Gasteiger partial charge < -0.3 is 19.7 Å². The Balaban J connectivity index is 1.48. The van der Waals surface area contributed by atoms with Crippen molar-refractivity contribution in [2.45, 2.75) is 37.7 Å². The van der Waals surface area contributed by atoms with Gasteiger partial charge in [0.2, 0.25) is 0 Å². The third-order valence-electron chi connectivity index (χ3n) is 5.06. The fraction of sp³-hybridized carbons (Fsp3) is 0.632. The molecule has 5 nitrogen and oxygen atoms in total. The predicted molar refractivity (Wildman–Crippen MR) is 96.9 cm³/mol. The van der Waals surface area contributed by atoms with E-state index in [0.717, 1.165) is 44.4 Å². The maximum atomic E-state index is 5.68. The summed E-state index contributed by atoms with van der Waals surface area (Å²) in [5.41, 5.74) is 1.38. The largest absolute Gasteiger partial charge is 0.497 e. The molecule has 0 aromatic heterocycles. The zero-order valence-electron chi connectivity index (χ0n) is 14.8. The maximum absolute atomic E-state index is 5.68. The highest BCUT2D eigenvalue weighted by Gasteiger charge is 2.26. The van der Waals surface area contributed by atoms with Gasteiger partial charge in [-0.1, -0.05) is 12.1 Å². The third-order valence-corrected chi connectivity index (χ3v) is 5.06. The summed E-state index contributed by atoms with van der Waals surface area (Å²) in [5, 5.41) is 3.50. The fourth-order valence-electron chi connectivity index (χ4n) is 3.65. The van der Waals surface area contributed by atoms with Crippen molar-refractivity contribution >= 4 is 5.96 Å². The molecule has 2 unspecified atom stereocenters. The number of methoxy groups -OCH3 is 1. The summed E-state index contributed by atoms with van der Waals surface area (Å²) in [7, 11) is 3.58. The molecular weight excluding hydrogens is 302 g/mol. The molecule has 2 atom stereocenters. The minimum Gasteiger partial charge on any atom is -0.497 e. The van der Waals surface area contributed by atoms with Crippen LogP contribution in [-0.4, -0.2) is 57.4 Å². The van der Waals surface area contributed by atoms with Gasteiger partial charge >= 0.3 is 0 Å². The van der Waals surface area contributed by atoms with E-state index >= 15 is 0 Å². The Bertz CT molecular complexity index is 538. The summed E-state index contributed by atoms with van der Waals surface area (Å²) in [6.45, 7) is 3.93. The van der Waals surface area contributed by atoms with Gasteiger partial charge in [0.25, 0.3) is 0 Å². The summed E-state index contributed by atoms with van der Waals surface area (Å²) in [6, 6.07) is 8.46. The first kappa shape index (κ1) is 17.1. The molecule has 0 spiro atoms. The zero-order valence-corrected chi connectivity index (χ0v) is 14.8. The highest BCUT2D eigenvalue weighted by Crippen LogP contribution is 2.28. The molecule has 5 heteroatoms. The van der Waals surface area contributed by atoms with E-state index < -0.39 is 0 Å². The molecule has 0 aliphatic carbocycles. The third kappa shape index (κ3) is 4.20. The number of nitrogens with one attached hydrogen (secondary N) is 1. The number of guanidine groups is 1. The number of aliphatic imine (C=N–C) groups is 1. The Morgan fingerprint density at radius 2 is 2.17 bits per heavy atom. The van der Waals surface area contributed by atoms with Crippen molar-refractivity contribution in [2.75, 3.05) is 40.4 Å². The molecule has 0 bridgehead atoms. The van der Waals surface area contributed by atoms with Gasteiger partial charge in [-0.2, -0.15) is 0 Å². The number of likely N-dealkylation sites (tertiary alicyclic amines) is 1. The van der Waals surface area contributed by atoms with Crippen LogP contribution in [0.4, 0.5) is 0 Å². The van der Waals surface area contributed by atoms with Crippen molar-refractivity contribution in [3.8, 4) is 5.75 Å². The first-order valence-corrected chi connectivity index (χ1v) is 9.01. The smallest absolute Gasteiger partial charge is 0.193 e. The zero-order chi connectivity index (χ0) is 16.8. The number of nitrogens with zero attached hydrogens (tertiary/aromatic N) is 2. The molecule has 1 N–H and O–H groups in total. The van der Waals surface area contributed by atoms with Gasteiger partial charge in [0.1, 0.15) is 5.75 Å². The standard InChI is InChI=1S/C19H29N3O2/c1-20-19(21-11-9-18-4-3-13-24-18)22-12-10-16(14-22)15-5-7-17(23-2)8-6-15/h5-8,16,18H,3-4,9-14H2,1-2H3,(H,20,21). The molecule has 1 aromatic rings. The monoisotopic (exact) mass is 331 g/mol. The van der Waals surface area contributed by atoms with E-state index in [1.54, 1.807) is 7.11 Å². The fourth-order valence-corrected chi connectivity index (χ4v) is 3.65. The minimum absolute atomic E-state index is 0.432. The highest BCUT2D eigenvalue weighted by atomic mass is 16.5. The first-order valence-electron chi connectivity index (χ1n) is 9.01. The molecule has 2 heterocycles. The SMILES string of the molecule is CN=C(NCCC1CCCO1)N1CCC(c2ccc(OC)cc2)C1. The lowest BCUT2D eigenvalue weighted by molar-refractivity contribution is 0.105.